The van der Waals surface area contributed by atoms with Crippen LogP contribution in [0, 0.1) is 0 Å². The van der Waals surface area contributed by atoms with Crippen molar-refractivity contribution in [2.45, 2.75) is 6.54 Å². The van der Waals surface area contributed by atoms with Gasteiger partial charge < -0.3 is 11.1 Å². The first kappa shape index (κ1) is 9.54. The molecule has 0 spiro atoms. The van der Waals surface area contributed by atoms with Crippen molar-refractivity contribution >= 4 is 11.6 Å². The molecule has 5 heteroatoms. The van der Waals surface area contributed by atoms with E-state index in [2.05, 4.69) is 20.3 Å². The molecule has 0 aromatic carbocycles. The van der Waals surface area contributed by atoms with Gasteiger partial charge in [-0.3, -0.25) is 4.98 Å². The second kappa shape index (κ2) is 4.47. The molecule has 2 aromatic heterocycles. The number of aromatic nitrogens is 3. The van der Waals surface area contributed by atoms with Gasteiger partial charge in [0.25, 0.3) is 0 Å². The molecule has 0 aliphatic carbocycles. The molecule has 15 heavy (non-hydrogen) atoms. The quantitative estimate of drug-likeness (QED) is 0.776. The average molecular weight is 201 g/mol. The molecule has 5 nitrogen and oxygen atoms in total. The van der Waals surface area contributed by atoms with Crippen molar-refractivity contribution in [1.82, 2.24) is 15.0 Å². The largest absolute Gasteiger partial charge is 0.326 e. The number of hydrogen-bond donors (Lipinski definition) is 2. The van der Waals surface area contributed by atoms with E-state index in [1.165, 1.54) is 0 Å². The topological polar surface area (TPSA) is 76.7 Å². The third-order valence-electron chi connectivity index (χ3n) is 1.92. The Balaban J connectivity index is 2.24. The molecule has 0 radical (unpaired) electrons. The molecule has 2 heterocycles. The highest BCUT2D eigenvalue weighted by molar-refractivity contribution is 5.54. The zero-order chi connectivity index (χ0) is 10.5. The second-order valence-electron chi connectivity index (χ2n) is 2.93. The molecule has 0 amide bonds. The summed E-state index contributed by atoms with van der Waals surface area (Å²) in [6, 6.07) is 3.77. The Hall–Kier alpha value is -2.01. The Labute approximate surface area is 87.4 Å². The van der Waals surface area contributed by atoms with E-state index in [0.29, 0.717) is 12.4 Å². The molecule has 3 N–H and O–H groups in total. The standard InChI is InChI=1S/C10H11N5/c11-6-8-2-1-3-14-10(8)15-9-7-12-4-5-13-9/h1-5,7H,6,11H2,(H,13,14,15). The zero-order valence-electron chi connectivity index (χ0n) is 8.09. The van der Waals surface area contributed by atoms with Gasteiger partial charge in [-0.1, -0.05) is 6.07 Å². The third kappa shape index (κ3) is 2.26. The number of nitrogens with one attached hydrogen (secondary N) is 1. The lowest BCUT2D eigenvalue weighted by Gasteiger charge is -2.07. The number of rotatable bonds is 3. The van der Waals surface area contributed by atoms with E-state index in [4.69, 9.17) is 5.73 Å². The lowest BCUT2D eigenvalue weighted by molar-refractivity contribution is 1.05. The average Bonchev–Trinajstić information content (AvgIpc) is 2.31. The maximum absolute atomic E-state index is 5.59. The first-order chi connectivity index (χ1) is 7.40. The van der Waals surface area contributed by atoms with Crippen molar-refractivity contribution in [1.29, 1.82) is 0 Å². The smallest absolute Gasteiger partial charge is 0.150 e. The van der Waals surface area contributed by atoms with E-state index >= 15 is 0 Å². The van der Waals surface area contributed by atoms with Gasteiger partial charge in [0.2, 0.25) is 0 Å². The predicted molar refractivity (Wildman–Crippen MR) is 57.4 cm³/mol. The van der Waals surface area contributed by atoms with Gasteiger partial charge in [-0.25, -0.2) is 9.97 Å². The monoisotopic (exact) mass is 201 g/mol. The summed E-state index contributed by atoms with van der Waals surface area (Å²) in [5, 5.41) is 3.06. The SMILES string of the molecule is NCc1cccnc1Nc1cnccn1. The number of anilines is 2. The molecule has 76 valence electrons. The molecule has 2 aromatic rings. The molecular formula is C10H11N5. The molecule has 2 rings (SSSR count). The van der Waals surface area contributed by atoms with Crippen LogP contribution in [0.3, 0.4) is 0 Å². The Morgan fingerprint density at radius 3 is 2.87 bits per heavy atom. The van der Waals surface area contributed by atoms with Crippen molar-refractivity contribution in [2.75, 3.05) is 5.32 Å². The van der Waals surface area contributed by atoms with Crippen LogP contribution in [0.25, 0.3) is 0 Å². The molecule has 0 bridgehead atoms. The number of nitrogens with two attached hydrogens (primary N) is 1. The van der Waals surface area contributed by atoms with Gasteiger partial charge in [-0.05, 0) is 6.07 Å². The summed E-state index contributed by atoms with van der Waals surface area (Å²) in [6.45, 7) is 0.441. The summed E-state index contributed by atoms with van der Waals surface area (Å²) < 4.78 is 0. The van der Waals surface area contributed by atoms with Crippen LogP contribution in [-0.4, -0.2) is 15.0 Å². The van der Waals surface area contributed by atoms with Gasteiger partial charge in [0, 0.05) is 30.7 Å². The normalized spacial score (nSPS) is 9.93. The van der Waals surface area contributed by atoms with E-state index < -0.39 is 0 Å². The van der Waals surface area contributed by atoms with E-state index in [0.717, 1.165) is 11.4 Å². The van der Waals surface area contributed by atoms with E-state index in [1.54, 1.807) is 24.8 Å². The van der Waals surface area contributed by atoms with Crippen LogP contribution < -0.4 is 11.1 Å². The summed E-state index contributed by atoms with van der Waals surface area (Å²) in [7, 11) is 0. The lowest BCUT2D eigenvalue weighted by Crippen LogP contribution is -2.04. The fourth-order valence-electron chi connectivity index (χ4n) is 1.20. The minimum absolute atomic E-state index is 0.441. The number of pyridine rings is 1. The van der Waals surface area contributed by atoms with Crippen molar-refractivity contribution < 1.29 is 0 Å². The fraction of sp³-hybridized carbons (Fsp3) is 0.100. The first-order valence-electron chi connectivity index (χ1n) is 4.57. The lowest BCUT2D eigenvalue weighted by atomic mass is 10.2. The second-order valence-corrected chi connectivity index (χ2v) is 2.93. The molecule has 0 fully saturated rings. The Morgan fingerprint density at radius 1 is 1.20 bits per heavy atom. The summed E-state index contributed by atoms with van der Waals surface area (Å²) in [6.07, 6.45) is 6.58. The maximum Gasteiger partial charge on any atom is 0.150 e. The van der Waals surface area contributed by atoms with Gasteiger partial charge in [-0.2, -0.15) is 0 Å². The Morgan fingerprint density at radius 2 is 2.13 bits per heavy atom. The van der Waals surface area contributed by atoms with Gasteiger partial charge in [-0.15, -0.1) is 0 Å². The highest BCUT2D eigenvalue weighted by Crippen LogP contribution is 2.14. The summed E-state index contributed by atoms with van der Waals surface area (Å²) in [4.78, 5) is 12.2. The predicted octanol–water partition coefficient (Wildman–Crippen LogP) is 1.07. The van der Waals surface area contributed by atoms with Crippen LogP contribution in [0.1, 0.15) is 5.56 Å². The highest BCUT2D eigenvalue weighted by atomic mass is 15.1. The van der Waals surface area contributed by atoms with Gasteiger partial charge in [0.05, 0.1) is 6.20 Å². The first-order valence-corrected chi connectivity index (χ1v) is 4.57. The van der Waals surface area contributed by atoms with Crippen LogP contribution in [0.15, 0.2) is 36.9 Å². The van der Waals surface area contributed by atoms with Crippen LogP contribution in [0.4, 0.5) is 11.6 Å². The van der Waals surface area contributed by atoms with Crippen LogP contribution in [0.2, 0.25) is 0 Å². The van der Waals surface area contributed by atoms with E-state index in [1.807, 2.05) is 12.1 Å². The summed E-state index contributed by atoms with van der Waals surface area (Å²) in [5.74, 6) is 1.38. The molecule has 0 saturated carbocycles. The minimum atomic E-state index is 0.441. The van der Waals surface area contributed by atoms with Crippen molar-refractivity contribution in [2.24, 2.45) is 5.73 Å². The van der Waals surface area contributed by atoms with Crippen molar-refractivity contribution in [3.63, 3.8) is 0 Å². The van der Waals surface area contributed by atoms with E-state index in [9.17, 15) is 0 Å². The van der Waals surface area contributed by atoms with Crippen molar-refractivity contribution in [3.8, 4) is 0 Å². The van der Waals surface area contributed by atoms with Gasteiger partial charge in [0.1, 0.15) is 11.6 Å². The van der Waals surface area contributed by atoms with E-state index in [-0.39, 0.29) is 0 Å². The van der Waals surface area contributed by atoms with Gasteiger partial charge in [0.15, 0.2) is 0 Å². The third-order valence-corrected chi connectivity index (χ3v) is 1.92. The van der Waals surface area contributed by atoms with Crippen molar-refractivity contribution in [3.05, 3.63) is 42.5 Å². The summed E-state index contributed by atoms with van der Waals surface area (Å²) in [5.41, 5.74) is 6.54. The number of nitrogens with zero attached hydrogens (tertiary/aromatic N) is 3. The molecule has 0 aliphatic rings. The van der Waals surface area contributed by atoms with Crippen LogP contribution >= 0.6 is 0 Å². The van der Waals surface area contributed by atoms with Crippen LogP contribution in [0.5, 0.6) is 0 Å². The summed E-state index contributed by atoms with van der Waals surface area (Å²) >= 11 is 0. The Kier molecular flexibility index (Phi) is 2.85. The molecule has 0 saturated heterocycles. The molecule has 0 atom stereocenters. The van der Waals surface area contributed by atoms with Gasteiger partial charge >= 0.3 is 0 Å². The highest BCUT2D eigenvalue weighted by Gasteiger charge is 2.01. The zero-order valence-corrected chi connectivity index (χ0v) is 8.09. The Bertz CT molecular complexity index is 429. The van der Waals surface area contributed by atoms with Crippen LogP contribution in [-0.2, 0) is 6.54 Å². The fourth-order valence-corrected chi connectivity index (χ4v) is 1.20. The maximum atomic E-state index is 5.59. The molecule has 0 aliphatic heterocycles. The number of hydrogen-bond acceptors (Lipinski definition) is 5. The molecule has 0 unspecified atom stereocenters. The minimum Gasteiger partial charge on any atom is -0.326 e. The molecular weight excluding hydrogens is 190 g/mol.